The Kier molecular flexibility index (Phi) is 4.42. The fraction of sp³-hybridized carbons (Fsp3) is 0.545. The molecule has 0 amide bonds. The summed E-state index contributed by atoms with van der Waals surface area (Å²) in [5, 5.41) is 0. The van der Waals surface area contributed by atoms with Crippen molar-refractivity contribution in [2.45, 2.75) is 31.7 Å². The summed E-state index contributed by atoms with van der Waals surface area (Å²) in [4.78, 5) is 5.54. The average Bonchev–Trinajstić information content (AvgIpc) is 2.15. The largest absolute Gasteiger partial charge is 0.323 e. The van der Waals surface area contributed by atoms with E-state index in [1.54, 1.807) is 0 Å². The number of rotatable bonds is 4. The summed E-state index contributed by atoms with van der Waals surface area (Å²) in [6, 6.07) is 4.13. The number of nitrogens with two attached hydrogens (primary N) is 1. The van der Waals surface area contributed by atoms with Gasteiger partial charge >= 0.3 is 0 Å². The molecule has 0 saturated heterocycles. The summed E-state index contributed by atoms with van der Waals surface area (Å²) >= 11 is 1.85. The van der Waals surface area contributed by atoms with Gasteiger partial charge in [-0.05, 0) is 25.0 Å². The van der Waals surface area contributed by atoms with Gasteiger partial charge < -0.3 is 5.73 Å². The molecule has 2 nitrogen and oxygen atoms in total. The van der Waals surface area contributed by atoms with E-state index in [-0.39, 0.29) is 6.04 Å². The molecule has 1 rings (SSSR count). The van der Waals surface area contributed by atoms with E-state index < -0.39 is 0 Å². The molecule has 0 aliphatic heterocycles. The molecule has 0 bridgehead atoms. The summed E-state index contributed by atoms with van der Waals surface area (Å²) in [7, 11) is 0. The molecule has 1 heterocycles. The Hall–Kier alpha value is -0.540. The normalized spacial score (nSPS) is 13.2. The zero-order valence-corrected chi connectivity index (χ0v) is 9.84. The van der Waals surface area contributed by atoms with Gasteiger partial charge in [0.15, 0.2) is 0 Å². The second-order valence-corrected chi connectivity index (χ2v) is 5.01. The number of hydrogen-bond acceptors (Lipinski definition) is 3. The minimum absolute atomic E-state index is 0.0270. The van der Waals surface area contributed by atoms with Crippen LogP contribution in [-0.4, -0.2) is 10.7 Å². The first-order chi connectivity index (χ1) is 6.59. The fourth-order valence-corrected chi connectivity index (χ4v) is 1.83. The maximum atomic E-state index is 5.72. The third-order valence-electron chi connectivity index (χ3n) is 1.81. The molecule has 0 aliphatic rings. The number of aromatic nitrogens is 1. The Morgan fingerprint density at radius 2 is 2.07 bits per heavy atom. The highest BCUT2D eigenvalue weighted by molar-refractivity contribution is 7.99. The summed E-state index contributed by atoms with van der Waals surface area (Å²) in [5.41, 5.74) is 6.67. The van der Waals surface area contributed by atoms with Gasteiger partial charge in [-0.15, -0.1) is 11.8 Å². The maximum absolute atomic E-state index is 5.72. The number of nitrogens with zero attached hydrogens (tertiary/aromatic N) is 1. The lowest BCUT2D eigenvalue weighted by atomic mass is 10.2. The Labute approximate surface area is 90.3 Å². The molecule has 1 atom stereocenters. The van der Waals surface area contributed by atoms with Crippen LogP contribution in [0, 0.1) is 5.92 Å². The van der Waals surface area contributed by atoms with Gasteiger partial charge in [-0.2, -0.15) is 0 Å². The predicted octanol–water partition coefficient (Wildman–Crippen LogP) is 2.85. The van der Waals surface area contributed by atoms with E-state index in [9.17, 15) is 0 Å². The van der Waals surface area contributed by atoms with Gasteiger partial charge in [0.2, 0.25) is 0 Å². The van der Waals surface area contributed by atoms with Crippen LogP contribution in [0.2, 0.25) is 0 Å². The number of pyridine rings is 1. The van der Waals surface area contributed by atoms with E-state index in [0.29, 0.717) is 5.92 Å². The molecule has 1 aromatic heterocycles. The molecule has 0 fully saturated rings. The second-order valence-electron chi connectivity index (χ2n) is 3.91. The van der Waals surface area contributed by atoms with Crippen molar-refractivity contribution in [3.05, 3.63) is 24.0 Å². The van der Waals surface area contributed by atoms with E-state index in [0.717, 1.165) is 11.4 Å². The van der Waals surface area contributed by atoms with E-state index >= 15 is 0 Å². The Bertz CT molecular complexity index is 267. The second kappa shape index (κ2) is 5.37. The van der Waals surface area contributed by atoms with Crippen molar-refractivity contribution in [1.29, 1.82) is 0 Å². The highest BCUT2D eigenvalue weighted by atomic mass is 32.2. The van der Waals surface area contributed by atoms with Crippen LogP contribution in [0.4, 0.5) is 0 Å². The Morgan fingerprint density at radius 3 is 2.50 bits per heavy atom. The average molecular weight is 210 g/mol. The van der Waals surface area contributed by atoms with E-state index in [1.807, 2.05) is 30.9 Å². The van der Waals surface area contributed by atoms with Crippen molar-refractivity contribution in [3.8, 4) is 0 Å². The molecular weight excluding hydrogens is 192 g/mol. The van der Waals surface area contributed by atoms with Crippen molar-refractivity contribution in [3.63, 3.8) is 0 Å². The van der Waals surface area contributed by atoms with Crippen LogP contribution in [0.15, 0.2) is 23.2 Å². The standard InChI is InChI=1S/C11H18N2S/c1-8(2)7-14-10-4-5-11(9(3)12)13-6-10/h4-6,8-9H,7,12H2,1-3H3. The van der Waals surface area contributed by atoms with Gasteiger partial charge in [0.05, 0.1) is 5.69 Å². The van der Waals surface area contributed by atoms with Crippen molar-refractivity contribution >= 4 is 11.8 Å². The summed E-state index contributed by atoms with van der Waals surface area (Å²) in [5.74, 6) is 1.85. The number of hydrogen-bond donors (Lipinski definition) is 1. The molecule has 0 aliphatic carbocycles. The van der Waals surface area contributed by atoms with Crippen molar-refractivity contribution in [2.75, 3.05) is 5.75 Å². The monoisotopic (exact) mass is 210 g/mol. The molecule has 14 heavy (non-hydrogen) atoms. The molecule has 3 heteroatoms. The molecular formula is C11H18N2S. The highest BCUT2D eigenvalue weighted by Gasteiger charge is 2.01. The molecule has 0 spiro atoms. The molecule has 0 aromatic carbocycles. The van der Waals surface area contributed by atoms with Crippen LogP contribution in [0.1, 0.15) is 32.5 Å². The summed E-state index contributed by atoms with van der Waals surface area (Å²) in [6.45, 7) is 6.39. The van der Waals surface area contributed by atoms with E-state index in [4.69, 9.17) is 5.73 Å². The van der Waals surface area contributed by atoms with Gasteiger partial charge in [-0.1, -0.05) is 13.8 Å². The third-order valence-corrected chi connectivity index (χ3v) is 3.22. The van der Waals surface area contributed by atoms with Gasteiger partial charge in [-0.25, -0.2) is 0 Å². The first-order valence-electron chi connectivity index (χ1n) is 4.94. The molecule has 2 N–H and O–H groups in total. The topological polar surface area (TPSA) is 38.9 Å². The summed E-state index contributed by atoms with van der Waals surface area (Å²) < 4.78 is 0. The van der Waals surface area contributed by atoms with Crippen molar-refractivity contribution in [1.82, 2.24) is 4.98 Å². The minimum Gasteiger partial charge on any atom is -0.323 e. The third kappa shape index (κ3) is 3.68. The zero-order chi connectivity index (χ0) is 10.6. The van der Waals surface area contributed by atoms with Crippen LogP contribution >= 0.6 is 11.8 Å². The van der Waals surface area contributed by atoms with Gasteiger partial charge in [0.25, 0.3) is 0 Å². The lowest BCUT2D eigenvalue weighted by Gasteiger charge is -2.06. The fourth-order valence-electron chi connectivity index (χ4n) is 1.01. The molecule has 1 unspecified atom stereocenters. The smallest absolute Gasteiger partial charge is 0.0569 e. The minimum atomic E-state index is 0.0270. The predicted molar refractivity (Wildman–Crippen MR) is 62.4 cm³/mol. The molecule has 78 valence electrons. The van der Waals surface area contributed by atoms with Crippen LogP contribution in [-0.2, 0) is 0 Å². The number of thioether (sulfide) groups is 1. The maximum Gasteiger partial charge on any atom is 0.0569 e. The van der Waals surface area contributed by atoms with Gasteiger partial charge in [0, 0.05) is 22.9 Å². The van der Waals surface area contributed by atoms with Crippen LogP contribution in [0.25, 0.3) is 0 Å². The van der Waals surface area contributed by atoms with E-state index in [2.05, 4.69) is 24.9 Å². The zero-order valence-electron chi connectivity index (χ0n) is 9.03. The molecule has 0 radical (unpaired) electrons. The SMILES string of the molecule is CC(C)CSc1ccc(C(C)N)nc1. The molecule has 1 aromatic rings. The Balaban J connectivity index is 2.55. The van der Waals surface area contributed by atoms with Gasteiger partial charge in [0.1, 0.15) is 0 Å². The van der Waals surface area contributed by atoms with Crippen LogP contribution in [0.3, 0.4) is 0 Å². The summed E-state index contributed by atoms with van der Waals surface area (Å²) in [6.07, 6.45) is 1.91. The van der Waals surface area contributed by atoms with Crippen molar-refractivity contribution < 1.29 is 0 Å². The van der Waals surface area contributed by atoms with Gasteiger partial charge in [-0.3, -0.25) is 4.98 Å². The Morgan fingerprint density at radius 1 is 1.36 bits per heavy atom. The van der Waals surface area contributed by atoms with Crippen LogP contribution < -0.4 is 5.73 Å². The first-order valence-corrected chi connectivity index (χ1v) is 5.92. The lowest BCUT2D eigenvalue weighted by molar-refractivity contribution is 0.749. The quantitative estimate of drug-likeness (QED) is 0.777. The lowest BCUT2D eigenvalue weighted by Crippen LogP contribution is -2.06. The van der Waals surface area contributed by atoms with Crippen LogP contribution in [0.5, 0.6) is 0 Å². The first kappa shape index (κ1) is 11.5. The highest BCUT2D eigenvalue weighted by Crippen LogP contribution is 2.20. The molecule has 0 saturated carbocycles. The van der Waals surface area contributed by atoms with Crippen molar-refractivity contribution in [2.24, 2.45) is 11.7 Å². The van der Waals surface area contributed by atoms with E-state index in [1.165, 1.54) is 4.90 Å².